The molecule has 1 heterocycles. The summed E-state index contributed by atoms with van der Waals surface area (Å²) in [4.78, 5) is 15.4. The molecule has 3 rings (SSSR count). The molecule has 23 heavy (non-hydrogen) atoms. The molecule has 0 radical (unpaired) electrons. The molecule has 0 fully saturated rings. The number of carbonyl (C=O) groups excluding carboxylic acids is 1. The third kappa shape index (κ3) is 4.31. The fraction of sp³-hybridized carbons (Fsp3) is 0.0625. The summed E-state index contributed by atoms with van der Waals surface area (Å²) in [6.45, 7) is -0.125. The fourth-order valence-corrected chi connectivity index (χ4v) is 1.81. The Hall–Kier alpha value is -3.35. The van der Waals surface area contributed by atoms with Crippen molar-refractivity contribution in [2.75, 3.05) is 11.9 Å². The van der Waals surface area contributed by atoms with Gasteiger partial charge in [-0.1, -0.05) is 18.2 Å². The molecule has 1 amide bonds. The number of rotatable bonds is 6. The van der Waals surface area contributed by atoms with Gasteiger partial charge in [-0.15, -0.1) is 0 Å². The summed E-state index contributed by atoms with van der Waals surface area (Å²) in [5, 5.41) is 8.68. The van der Waals surface area contributed by atoms with Crippen LogP contribution in [0.5, 0.6) is 17.2 Å². The number of anilines is 1. The normalized spacial score (nSPS) is 10.1. The number of aromatic amines is 1. The maximum atomic E-state index is 11.6. The molecule has 0 bridgehead atoms. The number of carbonyl (C=O) groups is 1. The van der Waals surface area contributed by atoms with Crippen molar-refractivity contribution in [1.82, 2.24) is 15.2 Å². The number of nitrogens with zero attached hydrogens (tertiary/aromatic N) is 2. The van der Waals surface area contributed by atoms with Gasteiger partial charge < -0.3 is 9.47 Å². The van der Waals surface area contributed by atoms with Gasteiger partial charge in [0.15, 0.2) is 6.61 Å². The highest BCUT2D eigenvalue weighted by atomic mass is 16.5. The van der Waals surface area contributed by atoms with Crippen LogP contribution in [-0.4, -0.2) is 27.7 Å². The van der Waals surface area contributed by atoms with Gasteiger partial charge in [0, 0.05) is 0 Å². The van der Waals surface area contributed by atoms with E-state index < -0.39 is 0 Å². The van der Waals surface area contributed by atoms with E-state index in [-0.39, 0.29) is 18.5 Å². The second-order valence-electron chi connectivity index (χ2n) is 4.56. The molecule has 0 saturated heterocycles. The van der Waals surface area contributed by atoms with Gasteiger partial charge in [0.1, 0.15) is 23.6 Å². The Kier molecular flexibility index (Phi) is 4.49. The number of benzene rings is 2. The Bertz CT molecular complexity index is 743. The Morgan fingerprint density at radius 1 is 1.00 bits per heavy atom. The third-order valence-corrected chi connectivity index (χ3v) is 2.85. The molecule has 0 atom stereocenters. The van der Waals surface area contributed by atoms with E-state index in [1.54, 1.807) is 24.3 Å². The Labute approximate surface area is 132 Å². The molecule has 2 aromatic carbocycles. The molecule has 3 aromatic rings. The molecule has 0 aliphatic rings. The van der Waals surface area contributed by atoms with E-state index in [9.17, 15) is 4.79 Å². The molecule has 7 nitrogen and oxygen atoms in total. The predicted molar refractivity (Wildman–Crippen MR) is 83.5 cm³/mol. The van der Waals surface area contributed by atoms with Crippen LogP contribution in [0.3, 0.4) is 0 Å². The van der Waals surface area contributed by atoms with Gasteiger partial charge in [0.25, 0.3) is 5.91 Å². The number of para-hydroxylation sites is 1. The lowest BCUT2D eigenvalue weighted by molar-refractivity contribution is -0.118. The monoisotopic (exact) mass is 310 g/mol. The lowest BCUT2D eigenvalue weighted by atomic mass is 10.3. The Balaban J connectivity index is 1.50. The van der Waals surface area contributed by atoms with E-state index in [4.69, 9.17) is 9.47 Å². The van der Waals surface area contributed by atoms with E-state index in [0.29, 0.717) is 11.5 Å². The first kappa shape index (κ1) is 14.6. The summed E-state index contributed by atoms with van der Waals surface area (Å²) in [5.41, 5.74) is 0. The van der Waals surface area contributed by atoms with Crippen molar-refractivity contribution in [1.29, 1.82) is 0 Å². The van der Waals surface area contributed by atoms with Gasteiger partial charge in [0.2, 0.25) is 5.95 Å². The summed E-state index contributed by atoms with van der Waals surface area (Å²) in [7, 11) is 0. The van der Waals surface area contributed by atoms with Gasteiger partial charge in [-0.2, -0.15) is 10.1 Å². The molecule has 0 aliphatic heterocycles. The quantitative estimate of drug-likeness (QED) is 0.730. The van der Waals surface area contributed by atoms with Gasteiger partial charge in [0.05, 0.1) is 0 Å². The van der Waals surface area contributed by atoms with Crippen molar-refractivity contribution < 1.29 is 14.3 Å². The second-order valence-corrected chi connectivity index (χ2v) is 4.56. The lowest BCUT2D eigenvalue weighted by Crippen LogP contribution is -2.20. The van der Waals surface area contributed by atoms with Crippen LogP contribution in [-0.2, 0) is 4.79 Å². The van der Waals surface area contributed by atoms with Crippen LogP contribution in [0.1, 0.15) is 0 Å². The van der Waals surface area contributed by atoms with Gasteiger partial charge >= 0.3 is 0 Å². The summed E-state index contributed by atoms with van der Waals surface area (Å²) in [5.74, 6) is 1.97. The summed E-state index contributed by atoms with van der Waals surface area (Å²) >= 11 is 0. The molecular formula is C16H14N4O3. The zero-order chi connectivity index (χ0) is 15.9. The van der Waals surface area contributed by atoms with Crippen LogP contribution in [0.2, 0.25) is 0 Å². The SMILES string of the molecule is O=C(COc1ccc(Oc2ccccc2)cc1)Nc1ncn[nH]1. The molecule has 0 spiro atoms. The van der Waals surface area contributed by atoms with Gasteiger partial charge in [-0.25, -0.2) is 5.10 Å². The van der Waals surface area contributed by atoms with E-state index in [2.05, 4.69) is 20.5 Å². The molecule has 0 aliphatic carbocycles. The molecule has 0 unspecified atom stereocenters. The van der Waals surface area contributed by atoms with Crippen molar-refractivity contribution in [3.63, 3.8) is 0 Å². The number of nitrogens with one attached hydrogen (secondary N) is 2. The minimum atomic E-state index is -0.327. The molecule has 116 valence electrons. The maximum absolute atomic E-state index is 11.6. The minimum absolute atomic E-state index is 0.125. The van der Waals surface area contributed by atoms with Gasteiger partial charge in [-0.3, -0.25) is 10.1 Å². The van der Waals surface area contributed by atoms with Crippen molar-refractivity contribution >= 4 is 11.9 Å². The number of amides is 1. The molecule has 7 heteroatoms. The van der Waals surface area contributed by atoms with Crippen molar-refractivity contribution in [3.05, 3.63) is 60.9 Å². The highest BCUT2D eigenvalue weighted by Crippen LogP contribution is 2.23. The zero-order valence-corrected chi connectivity index (χ0v) is 12.1. The number of H-pyrrole nitrogens is 1. The van der Waals surface area contributed by atoms with Crippen LogP contribution in [0, 0.1) is 0 Å². The molecular weight excluding hydrogens is 296 g/mol. The van der Waals surface area contributed by atoms with E-state index >= 15 is 0 Å². The van der Waals surface area contributed by atoms with Crippen molar-refractivity contribution in [2.24, 2.45) is 0 Å². The molecule has 1 aromatic heterocycles. The summed E-state index contributed by atoms with van der Waals surface area (Å²) in [6, 6.07) is 16.5. The summed E-state index contributed by atoms with van der Waals surface area (Å²) < 4.78 is 11.1. The number of ether oxygens (including phenoxy) is 2. The Morgan fingerprint density at radius 3 is 2.39 bits per heavy atom. The fourth-order valence-electron chi connectivity index (χ4n) is 1.81. The number of hydrogen-bond donors (Lipinski definition) is 2. The predicted octanol–water partition coefficient (Wildman–Crippen LogP) is 2.61. The third-order valence-electron chi connectivity index (χ3n) is 2.85. The smallest absolute Gasteiger partial charge is 0.264 e. The standard InChI is InChI=1S/C16H14N4O3/c21-15(19-16-17-11-18-20-16)10-22-12-6-8-14(9-7-12)23-13-4-2-1-3-5-13/h1-9,11H,10H2,(H2,17,18,19,20,21). The number of aromatic nitrogens is 3. The van der Waals surface area contributed by atoms with E-state index in [0.717, 1.165) is 5.75 Å². The lowest BCUT2D eigenvalue weighted by Gasteiger charge is -2.08. The van der Waals surface area contributed by atoms with Crippen LogP contribution in [0.25, 0.3) is 0 Å². The van der Waals surface area contributed by atoms with Crippen LogP contribution >= 0.6 is 0 Å². The first-order chi connectivity index (χ1) is 11.3. The zero-order valence-electron chi connectivity index (χ0n) is 12.1. The number of hydrogen-bond acceptors (Lipinski definition) is 5. The van der Waals surface area contributed by atoms with Crippen LogP contribution in [0.4, 0.5) is 5.95 Å². The van der Waals surface area contributed by atoms with E-state index in [1.807, 2.05) is 30.3 Å². The van der Waals surface area contributed by atoms with Crippen LogP contribution < -0.4 is 14.8 Å². The Morgan fingerprint density at radius 2 is 1.70 bits per heavy atom. The average molecular weight is 310 g/mol. The highest BCUT2D eigenvalue weighted by molar-refractivity contribution is 5.90. The average Bonchev–Trinajstić information content (AvgIpc) is 3.08. The highest BCUT2D eigenvalue weighted by Gasteiger charge is 2.05. The first-order valence-electron chi connectivity index (χ1n) is 6.90. The second kappa shape index (κ2) is 7.08. The topological polar surface area (TPSA) is 89.1 Å². The maximum Gasteiger partial charge on any atom is 0.264 e. The molecule has 0 saturated carbocycles. The van der Waals surface area contributed by atoms with Crippen LogP contribution in [0.15, 0.2) is 60.9 Å². The van der Waals surface area contributed by atoms with Crippen molar-refractivity contribution in [3.8, 4) is 17.2 Å². The van der Waals surface area contributed by atoms with E-state index in [1.165, 1.54) is 6.33 Å². The van der Waals surface area contributed by atoms with Crippen molar-refractivity contribution in [2.45, 2.75) is 0 Å². The molecule has 2 N–H and O–H groups in total. The summed E-state index contributed by atoms with van der Waals surface area (Å²) in [6.07, 6.45) is 1.31. The van der Waals surface area contributed by atoms with Gasteiger partial charge in [-0.05, 0) is 36.4 Å². The minimum Gasteiger partial charge on any atom is -0.484 e. The first-order valence-corrected chi connectivity index (χ1v) is 6.90. The largest absolute Gasteiger partial charge is 0.484 e.